The van der Waals surface area contributed by atoms with Gasteiger partial charge < -0.3 is 14.8 Å². The average molecular weight is 319 g/mol. The van der Waals surface area contributed by atoms with Gasteiger partial charge in [0.1, 0.15) is 12.4 Å². The number of benzene rings is 3. The van der Waals surface area contributed by atoms with E-state index in [0.29, 0.717) is 12.7 Å². The molecule has 3 heteroatoms. The molecule has 0 aliphatic carbocycles. The third-order valence-electron chi connectivity index (χ3n) is 4.44. The summed E-state index contributed by atoms with van der Waals surface area (Å²) < 4.78 is 11.5. The fourth-order valence-electron chi connectivity index (χ4n) is 2.94. The Morgan fingerprint density at radius 2 is 1.75 bits per heavy atom. The first-order valence-corrected chi connectivity index (χ1v) is 8.36. The number of fused-ring (bicyclic) bond motifs is 1. The Kier molecular flexibility index (Phi) is 4.09. The number of nitrogens with one attached hydrogen (secondary N) is 1. The molecule has 1 fully saturated rings. The third-order valence-corrected chi connectivity index (χ3v) is 4.44. The lowest BCUT2D eigenvalue weighted by atomic mass is 10.0. The van der Waals surface area contributed by atoms with E-state index in [1.54, 1.807) is 0 Å². The summed E-state index contributed by atoms with van der Waals surface area (Å²) >= 11 is 0. The molecule has 1 atom stereocenters. The van der Waals surface area contributed by atoms with Crippen molar-refractivity contribution in [2.45, 2.75) is 19.6 Å². The number of hydrogen-bond donors (Lipinski definition) is 1. The lowest BCUT2D eigenvalue weighted by Crippen LogP contribution is -2.09. The van der Waals surface area contributed by atoms with E-state index in [4.69, 9.17) is 9.47 Å². The first-order chi connectivity index (χ1) is 11.8. The Labute approximate surface area is 142 Å². The van der Waals surface area contributed by atoms with Crippen molar-refractivity contribution in [2.75, 3.05) is 18.5 Å². The number of ether oxygens (including phenoxy) is 2. The smallest absolute Gasteiger partial charge is 0.129 e. The molecule has 1 saturated heterocycles. The second-order valence-corrected chi connectivity index (χ2v) is 6.20. The first-order valence-electron chi connectivity index (χ1n) is 8.36. The summed E-state index contributed by atoms with van der Waals surface area (Å²) in [5.74, 6) is 0.916. The summed E-state index contributed by atoms with van der Waals surface area (Å²) in [6.45, 7) is 4.42. The highest BCUT2D eigenvalue weighted by atomic mass is 16.6. The molecular formula is C21H21NO2. The molecule has 122 valence electrons. The fraction of sp³-hybridized carbons (Fsp3) is 0.238. The van der Waals surface area contributed by atoms with Gasteiger partial charge in [-0.3, -0.25) is 0 Å². The number of epoxide rings is 1. The van der Waals surface area contributed by atoms with E-state index >= 15 is 0 Å². The van der Waals surface area contributed by atoms with Crippen LogP contribution in [0.1, 0.15) is 11.1 Å². The third kappa shape index (κ3) is 3.22. The second-order valence-electron chi connectivity index (χ2n) is 6.20. The van der Waals surface area contributed by atoms with E-state index in [1.807, 2.05) is 18.2 Å². The molecule has 1 N–H and O–H groups in total. The number of anilines is 1. The first kappa shape index (κ1) is 15.0. The maximum atomic E-state index is 6.15. The van der Waals surface area contributed by atoms with Gasteiger partial charge in [-0.1, -0.05) is 54.6 Å². The van der Waals surface area contributed by atoms with Crippen LogP contribution < -0.4 is 10.1 Å². The zero-order chi connectivity index (χ0) is 16.4. The molecule has 0 amide bonds. The van der Waals surface area contributed by atoms with Crippen molar-refractivity contribution < 1.29 is 9.47 Å². The van der Waals surface area contributed by atoms with Gasteiger partial charge in [-0.2, -0.15) is 0 Å². The van der Waals surface area contributed by atoms with Crippen LogP contribution in [0.25, 0.3) is 10.8 Å². The van der Waals surface area contributed by atoms with Crippen LogP contribution in [0.2, 0.25) is 0 Å². The fourth-order valence-corrected chi connectivity index (χ4v) is 2.94. The number of aryl methyl sites for hydroxylation is 1. The molecule has 3 nitrogen and oxygen atoms in total. The van der Waals surface area contributed by atoms with Gasteiger partial charge in [0.05, 0.1) is 12.7 Å². The van der Waals surface area contributed by atoms with E-state index in [2.05, 4.69) is 54.7 Å². The monoisotopic (exact) mass is 319 g/mol. The molecule has 0 radical (unpaired) electrons. The van der Waals surface area contributed by atoms with E-state index in [1.165, 1.54) is 16.5 Å². The minimum atomic E-state index is 0.351. The molecule has 3 aromatic carbocycles. The number of hydrogen-bond acceptors (Lipinski definition) is 3. The molecule has 1 heterocycles. The van der Waals surface area contributed by atoms with Gasteiger partial charge in [-0.15, -0.1) is 0 Å². The molecule has 1 unspecified atom stereocenters. The summed E-state index contributed by atoms with van der Waals surface area (Å²) in [6, 6.07) is 20.8. The predicted octanol–water partition coefficient (Wildman–Crippen LogP) is 4.54. The van der Waals surface area contributed by atoms with E-state index in [9.17, 15) is 0 Å². The molecular weight excluding hydrogens is 298 g/mol. The van der Waals surface area contributed by atoms with Gasteiger partial charge in [-0.25, -0.2) is 0 Å². The Bertz CT molecular complexity index is 841. The molecule has 0 aromatic heterocycles. The topological polar surface area (TPSA) is 33.8 Å². The Hall–Kier alpha value is -2.52. The maximum Gasteiger partial charge on any atom is 0.129 e. The highest BCUT2D eigenvalue weighted by Crippen LogP contribution is 2.34. The molecule has 3 aromatic rings. The molecule has 4 rings (SSSR count). The summed E-state index contributed by atoms with van der Waals surface area (Å²) in [6.07, 6.45) is 0.351. The summed E-state index contributed by atoms with van der Waals surface area (Å²) in [5, 5.41) is 5.88. The van der Waals surface area contributed by atoms with Crippen LogP contribution >= 0.6 is 0 Å². The Morgan fingerprint density at radius 1 is 1.04 bits per heavy atom. The lowest BCUT2D eigenvalue weighted by Gasteiger charge is -2.16. The normalized spacial score (nSPS) is 16.1. The van der Waals surface area contributed by atoms with Gasteiger partial charge in [0.15, 0.2) is 0 Å². The van der Waals surface area contributed by atoms with Crippen LogP contribution in [0.3, 0.4) is 0 Å². The minimum Gasteiger partial charge on any atom is -0.488 e. The lowest BCUT2D eigenvalue weighted by molar-refractivity contribution is 0.310. The highest BCUT2D eigenvalue weighted by molar-refractivity contribution is 5.95. The average Bonchev–Trinajstić information content (AvgIpc) is 3.46. The van der Waals surface area contributed by atoms with Crippen LogP contribution in [0.4, 0.5) is 5.69 Å². The standard InChI is InChI=1S/C21H21NO2/c1-15-18-9-5-6-10-19(18)21(11-20(15)22-12-17-14-23-17)24-13-16-7-3-2-4-8-16/h2-11,17,22H,12-14H2,1H3. The van der Waals surface area contributed by atoms with E-state index in [-0.39, 0.29) is 0 Å². The van der Waals surface area contributed by atoms with Crippen LogP contribution in [0.5, 0.6) is 5.75 Å². The summed E-state index contributed by atoms with van der Waals surface area (Å²) in [4.78, 5) is 0. The van der Waals surface area contributed by atoms with Crippen molar-refractivity contribution in [1.29, 1.82) is 0 Å². The molecule has 1 aliphatic heterocycles. The Balaban J connectivity index is 1.65. The zero-order valence-corrected chi connectivity index (χ0v) is 13.8. The van der Waals surface area contributed by atoms with E-state index < -0.39 is 0 Å². The SMILES string of the molecule is Cc1c(NCC2CO2)cc(OCc2ccccc2)c2ccccc12. The molecule has 24 heavy (non-hydrogen) atoms. The van der Waals surface area contributed by atoms with Crippen molar-refractivity contribution >= 4 is 16.5 Å². The van der Waals surface area contributed by atoms with Crippen LogP contribution in [0.15, 0.2) is 60.7 Å². The largest absolute Gasteiger partial charge is 0.488 e. The molecule has 0 spiro atoms. The van der Waals surface area contributed by atoms with Crippen LogP contribution in [-0.4, -0.2) is 19.3 Å². The zero-order valence-electron chi connectivity index (χ0n) is 13.8. The van der Waals surface area contributed by atoms with Gasteiger partial charge in [0.2, 0.25) is 0 Å². The van der Waals surface area contributed by atoms with Gasteiger partial charge in [0, 0.05) is 23.7 Å². The predicted molar refractivity (Wildman–Crippen MR) is 97.7 cm³/mol. The van der Waals surface area contributed by atoms with Crippen molar-refractivity contribution in [1.82, 2.24) is 0 Å². The van der Waals surface area contributed by atoms with Crippen LogP contribution in [-0.2, 0) is 11.3 Å². The summed E-state index contributed by atoms with van der Waals surface area (Å²) in [5.41, 5.74) is 3.54. The van der Waals surface area contributed by atoms with Crippen molar-refractivity contribution in [3.8, 4) is 5.75 Å². The van der Waals surface area contributed by atoms with Crippen molar-refractivity contribution in [3.05, 3.63) is 71.8 Å². The highest BCUT2D eigenvalue weighted by Gasteiger charge is 2.22. The summed E-state index contributed by atoms with van der Waals surface area (Å²) in [7, 11) is 0. The molecule has 1 aliphatic rings. The quantitative estimate of drug-likeness (QED) is 0.677. The molecule has 0 bridgehead atoms. The number of rotatable bonds is 6. The van der Waals surface area contributed by atoms with Gasteiger partial charge in [0.25, 0.3) is 0 Å². The minimum absolute atomic E-state index is 0.351. The molecule has 0 saturated carbocycles. The van der Waals surface area contributed by atoms with Crippen LogP contribution in [0, 0.1) is 6.92 Å². The van der Waals surface area contributed by atoms with Crippen molar-refractivity contribution in [3.63, 3.8) is 0 Å². The van der Waals surface area contributed by atoms with Gasteiger partial charge in [-0.05, 0) is 23.4 Å². The maximum absolute atomic E-state index is 6.15. The van der Waals surface area contributed by atoms with Gasteiger partial charge >= 0.3 is 0 Å². The Morgan fingerprint density at radius 3 is 2.50 bits per heavy atom. The second kappa shape index (κ2) is 6.54. The van der Waals surface area contributed by atoms with Crippen molar-refractivity contribution in [2.24, 2.45) is 0 Å². The van der Waals surface area contributed by atoms with E-state index in [0.717, 1.165) is 30.0 Å².